The number of aromatic nitrogens is 1. The van der Waals surface area contributed by atoms with Crippen molar-refractivity contribution in [2.24, 2.45) is 0 Å². The lowest BCUT2D eigenvalue weighted by atomic mass is 10.2. The summed E-state index contributed by atoms with van der Waals surface area (Å²) in [6.45, 7) is 2.18. The van der Waals surface area contributed by atoms with Crippen molar-refractivity contribution < 1.29 is 0 Å². The molecule has 1 aromatic carbocycles. The SMILES string of the molecule is CCCc1nc(-c2ccccc2)cs1. The Labute approximate surface area is 88.4 Å². The molecule has 0 aliphatic rings. The highest BCUT2D eigenvalue weighted by Gasteiger charge is 2.02. The van der Waals surface area contributed by atoms with E-state index in [1.807, 2.05) is 18.2 Å². The van der Waals surface area contributed by atoms with Gasteiger partial charge in [0.15, 0.2) is 0 Å². The first kappa shape index (κ1) is 9.41. The molecule has 0 saturated carbocycles. The molecule has 0 aliphatic heterocycles. The van der Waals surface area contributed by atoms with Crippen LogP contribution in [-0.4, -0.2) is 4.98 Å². The summed E-state index contributed by atoms with van der Waals surface area (Å²) in [5.74, 6) is 0. The first-order valence-corrected chi connectivity index (χ1v) is 5.78. The van der Waals surface area contributed by atoms with Gasteiger partial charge in [-0.05, 0) is 12.8 Å². The fourth-order valence-electron chi connectivity index (χ4n) is 1.38. The molecule has 2 aromatic rings. The largest absolute Gasteiger partial charge is 0.241 e. The molecule has 0 aliphatic carbocycles. The molecule has 14 heavy (non-hydrogen) atoms. The molecule has 0 spiro atoms. The predicted octanol–water partition coefficient (Wildman–Crippen LogP) is 3.76. The summed E-state index contributed by atoms with van der Waals surface area (Å²) in [7, 11) is 0. The molecule has 0 unspecified atom stereocenters. The number of thiazole rings is 1. The minimum absolute atomic E-state index is 1.09. The van der Waals surface area contributed by atoms with Gasteiger partial charge in [0.05, 0.1) is 10.7 Å². The Hall–Kier alpha value is -1.15. The van der Waals surface area contributed by atoms with Crippen LogP contribution in [0.5, 0.6) is 0 Å². The lowest BCUT2D eigenvalue weighted by molar-refractivity contribution is 0.910. The van der Waals surface area contributed by atoms with Crippen molar-refractivity contribution in [3.05, 3.63) is 40.7 Å². The average molecular weight is 203 g/mol. The minimum atomic E-state index is 1.09. The zero-order valence-corrected chi connectivity index (χ0v) is 9.05. The van der Waals surface area contributed by atoms with Crippen LogP contribution in [0.4, 0.5) is 0 Å². The fraction of sp³-hybridized carbons (Fsp3) is 0.250. The summed E-state index contributed by atoms with van der Waals surface area (Å²) in [5.41, 5.74) is 2.32. The molecule has 0 amide bonds. The van der Waals surface area contributed by atoms with Crippen molar-refractivity contribution in [1.82, 2.24) is 4.98 Å². The van der Waals surface area contributed by atoms with Gasteiger partial charge in [-0.2, -0.15) is 0 Å². The number of benzene rings is 1. The van der Waals surface area contributed by atoms with E-state index >= 15 is 0 Å². The smallest absolute Gasteiger partial charge is 0.0932 e. The summed E-state index contributed by atoms with van der Waals surface area (Å²) in [4.78, 5) is 4.59. The average Bonchev–Trinajstić information content (AvgIpc) is 2.68. The van der Waals surface area contributed by atoms with Crippen molar-refractivity contribution in [1.29, 1.82) is 0 Å². The number of rotatable bonds is 3. The molecule has 0 atom stereocenters. The Morgan fingerprint density at radius 1 is 1.21 bits per heavy atom. The van der Waals surface area contributed by atoms with Crippen molar-refractivity contribution in [3.8, 4) is 11.3 Å². The number of aryl methyl sites for hydroxylation is 1. The van der Waals surface area contributed by atoms with Crippen LogP contribution in [-0.2, 0) is 6.42 Å². The van der Waals surface area contributed by atoms with E-state index in [2.05, 4.69) is 29.4 Å². The molecule has 0 bridgehead atoms. The second kappa shape index (κ2) is 4.38. The summed E-state index contributed by atoms with van der Waals surface area (Å²) in [6, 6.07) is 10.3. The molecular weight excluding hydrogens is 190 g/mol. The molecular formula is C12H13NS. The van der Waals surface area contributed by atoms with Crippen LogP contribution >= 0.6 is 11.3 Å². The monoisotopic (exact) mass is 203 g/mol. The first-order chi connectivity index (χ1) is 6.90. The van der Waals surface area contributed by atoms with Gasteiger partial charge >= 0.3 is 0 Å². The van der Waals surface area contributed by atoms with E-state index in [0.717, 1.165) is 12.1 Å². The summed E-state index contributed by atoms with van der Waals surface area (Å²) in [6.07, 6.45) is 2.26. The fourth-order valence-corrected chi connectivity index (χ4v) is 2.29. The van der Waals surface area contributed by atoms with E-state index in [-0.39, 0.29) is 0 Å². The van der Waals surface area contributed by atoms with Crippen molar-refractivity contribution in [3.63, 3.8) is 0 Å². The van der Waals surface area contributed by atoms with E-state index in [4.69, 9.17) is 0 Å². The van der Waals surface area contributed by atoms with E-state index < -0.39 is 0 Å². The third-order valence-electron chi connectivity index (χ3n) is 2.09. The second-order valence-electron chi connectivity index (χ2n) is 3.24. The number of hydrogen-bond acceptors (Lipinski definition) is 2. The topological polar surface area (TPSA) is 12.9 Å². The molecule has 1 nitrogen and oxygen atoms in total. The Morgan fingerprint density at radius 3 is 2.71 bits per heavy atom. The second-order valence-corrected chi connectivity index (χ2v) is 4.19. The van der Waals surface area contributed by atoms with E-state index in [1.54, 1.807) is 11.3 Å². The summed E-state index contributed by atoms with van der Waals surface area (Å²) in [5, 5.41) is 3.38. The maximum absolute atomic E-state index is 4.59. The lowest BCUT2D eigenvalue weighted by Gasteiger charge is -1.94. The van der Waals surface area contributed by atoms with E-state index in [0.29, 0.717) is 0 Å². The van der Waals surface area contributed by atoms with Crippen LogP contribution in [0.1, 0.15) is 18.4 Å². The Kier molecular flexibility index (Phi) is 2.94. The molecule has 2 rings (SSSR count). The Morgan fingerprint density at radius 2 is 2.00 bits per heavy atom. The number of hydrogen-bond donors (Lipinski definition) is 0. The van der Waals surface area contributed by atoms with Crippen LogP contribution in [0.15, 0.2) is 35.7 Å². The molecule has 1 heterocycles. The summed E-state index contributed by atoms with van der Waals surface area (Å²) < 4.78 is 0. The quantitative estimate of drug-likeness (QED) is 0.740. The maximum Gasteiger partial charge on any atom is 0.0932 e. The normalized spacial score (nSPS) is 10.4. The van der Waals surface area contributed by atoms with Crippen LogP contribution in [0, 0.1) is 0 Å². The van der Waals surface area contributed by atoms with Gasteiger partial charge in [-0.25, -0.2) is 4.98 Å². The predicted molar refractivity (Wildman–Crippen MR) is 61.5 cm³/mol. The van der Waals surface area contributed by atoms with Crippen LogP contribution < -0.4 is 0 Å². The molecule has 1 aromatic heterocycles. The first-order valence-electron chi connectivity index (χ1n) is 4.90. The van der Waals surface area contributed by atoms with Gasteiger partial charge in [0.25, 0.3) is 0 Å². The third-order valence-corrected chi connectivity index (χ3v) is 2.99. The highest BCUT2D eigenvalue weighted by Crippen LogP contribution is 2.21. The van der Waals surface area contributed by atoms with Crippen molar-refractivity contribution >= 4 is 11.3 Å². The standard InChI is InChI=1S/C12H13NS/c1-2-6-12-13-11(9-14-12)10-7-4-3-5-8-10/h3-5,7-9H,2,6H2,1H3. The lowest BCUT2D eigenvalue weighted by Crippen LogP contribution is -1.81. The minimum Gasteiger partial charge on any atom is -0.241 e. The zero-order valence-electron chi connectivity index (χ0n) is 8.23. The van der Waals surface area contributed by atoms with Gasteiger partial charge in [0.1, 0.15) is 0 Å². The Bertz CT molecular complexity index is 392. The van der Waals surface area contributed by atoms with Crippen molar-refractivity contribution in [2.75, 3.05) is 0 Å². The molecule has 2 heteroatoms. The van der Waals surface area contributed by atoms with E-state index in [1.165, 1.54) is 17.0 Å². The third kappa shape index (κ3) is 2.02. The highest BCUT2D eigenvalue weighted by molar-refractivity contribution is 7.09. The van der Waals surface area contributed by atoms with Crippen LogP contribution in [0.2, 0.25) is 0 Å². The zero-order chi connectivity index (χ0) is 9.80. The maximum atomic E-state index is 4.59. The molecule has 0 radical (unpaired) electrons. The number of nitrogens with zero attached hydrogens (tertiary/aromatic N) is 1. The summed E-state index contributed by atoms with van der Waals surface area (Å²) >= 11 is 1.76. The molecule has 0 fully saturated rings. The van der Waals surface area contributed by atoms with Gasteiger partial charge in [0, 0.05) is 10.9 Å². The van der Waals surface area contributed by atoms with E-state index in [9.17, 15) is 0 Å². The molecule has 0 N–H and O–H groups in total. The van der Waals surface area contributed by atoms with Crippen molar-refractivity contribution in [2.45, 2.75) is 19.8 Å². The Balaban J connectivity index is 2.25. The van der Waals surface area contributed by atoms with Gasteiger partial charge < -0.3 is 0 Å². The van der Waals surface area contributed by atoms with Crippen LogP contribution in [0.25, 0.3) is 11.3 Å². The molecule has 72 valence electrons. The van der Waals surface area contributed by atoms with Crippen LogP contribution in [0.3, 0.4) is 0 Å². The van der Waals surface area contributed by atoms with Gasteiger partial charge in [-0.3, -0.25) is 0 Å². The van der Waals surface area contributed by atoms with Gasteiger partial charge in [-0.15, -0.1) is 11.3 Å². The molecule has 0 saturated heterocycles. The van der Waals surface area contributed by atoms with Gasteiger partial charge in [0.2, 0.25) is 0 Å². The highest BCUT2D eigenvalue weighted by atomic mass is 32.1. The van der Waals surface area contributed by atoms with Gasteiger partial charge in [-0.1, -0.05) is 37.3 Å².